The van der Waals surface area contributed by atoms with Gasteiger partial charge in [0.1, 0.15) is 0 Å². The molecule has 5 nitrogen and oxygen atoms in total. The van der Waals surface area contributed by atoms with Crippen molar-refractivity contribution in [2.24, 2.45) is 5.92 Å². The van der Waals surface area contributed by atoms with Gasteiger partial charge in [0.2, 0.25) is 0 Å². The molecule has 0 spiro atoms. The van der Waals surface area contributed by atoms with Gasteiger partial charge in [-0.05, 0) is 24.8 Å². The lowest BCUT2D eigenvalue weighted by atomic mass is 9.86. The normalized spacial score (nSPS) is 22.8. The summed E-state index contributed by atoms with van der Waals surface area (Å²) >= 11 is 0. The van der Waals surface area contributed by atoms with E-state index in [4.69, 9.17) is 0 Å². The van der Waals surface area contributed by atoms with E-state index in [1.165, 1.54) is 24.6 Å². The molecule has 19 heavy (non-hydrogen) atoms. The maximum absolute atomic E-state index is 12.1. The molecular weight excluding hydrogens is 244 g/mol. The fourth-order valence-electron chi connectivity index (χ4n) is 2.54. The zero-order chi connectivity index (χ0) is 13.8. The van der Waals surface area contributed by atoms with Crippen molar-refractivity contribution in [2.75, 3.05) is 0 Å². The van der Waals surface area contributed by atoms with Gasteiger partial charge in [-0.2, -0.15) is 0 Å². The molecule has 0 aromatic heterocycles. The Hall–Kier alpha value is -1.91. The molecule has 0 unspecified atom stereocenters. The Labute approximate surface area is 112 Å². The first-order valence-corrected chi connectivity index (χ1v) is 6.63. The summed E-state index contributed by atoms with van der Waals surface area (Å²) in [7, 11) is 0. The molecule has 1 saturated carbocycles. The van der Waals surface area contributed by atoms with Gasteiger partial charge in [-0.25, -0.2) is 0 Å². The Bertz CT molecular complexity index is 487. The van der Waals surface area contributed by atoms with E-state index in [2.05, 4.69) is 12.2 Å². The summed E-state index contributed by atoms with van der Waals surface area (Å²) in [6.45, 7) is 2.14. The number of hydrogen-bond donors (Lipinski definition) is 1. The number of benzene rings is 1. The minimum absolute atomic E-state index is 0.0515. The Morgan fingerprint density at radius 1 is 1.37 bits per heavy atom. The third-order valence-electron chi connectivity index (χ3n) is 3.75. The van der Waals surface area contributed by atoms with Gasteiger partial charge < -0.3 is 5.32 Å². The van der Waals surface area contributed by atoms with E-state index in [1.54, 1.807) is 6.07 Å². The van der Waals surface area contributed by atoms with Crippen LogP contribution in [0.5, 0.6) is 0 Å². The number of nitro benzene ring substituents is 1. The van der Waals surface area contributed by atoms with Crippen LogP contribution in [0, 0.1) is 16.0 Å². The second-order valence-electron chi connectivity index (χ2n) is 5.15. The molecule has 2 atom stereocenters. The summed E-state index contributed by atoms with van der Waals surface area (Å²) in [5.74, 6) is 0.249. The van der Waals surface area contributed by atoms with Crippen LogP contribution in [0.25, 0.3) is 0 Å². The van der Waals surface area contributed by atoms with Crippen LogP contribution in [-0.2, 0) is 0 Å². The number of carbonyl (C=O) groups is 1. The number of non-ortho nitro benzene ring substituents is 1. The average Bonchev–Trinajstić information content (AvgIpc) is 2.41. The first kappa shape index (κ1) is 13.5. The van der Waals surface area contributed by atoms with Gasteiger partial charge in [-0.3, -0.25) is 14.9 Å². The van der Waals surface area contributed by atoms with E-state index < -0.39 is 4.92 Å². The predicted molar refractivity (Wildman–Crippen MR) is 72.0 cm³/mol. The molecular formula is C14H18N2O3. The molecule has 0 aliphatic heterocycles. The SMILES string of the molecule is C[C@@H]1CCCC[C@H]1NC(=O)c1cccc([N+](=O)[O-])c1. The van der Waals surface area contributed by atoms with Crippen LogP contribution in [0.15, 0.2) is 24.3 Å². The summed E-state index contributed by atoms with van der Waals surface area (Å²) < 4.78 is 0. The lowest BCUT2D eigenvalue weighted by molar-refractivity contribution is -0.384. The topological polar surface area (TPSA) is 72.2 Å². The van der Waals surface area contributed by atoms with Crippen LogP contribution in [0.4, 0.5) is 5.69 Å². The third kappa shape index (κ3) is 3.30. The van der Waals surface area contributed by atoms with Crippen LogP contribution in [0.1, 0.15) is 43.0 Å². The minimum atomic E-state index is -0.486. The van der Waals surface area contributed by atoms with Crippen LogP contribution in [0.3, 0.4) is 0 Å². The molecule has 0 saturated heterocycles. The van der Waals surface area contributed by atoms with Crippen LogP contribution < -0.4 is 5.32 Å². The van der Waals surface area contributed by atoms with Crippen molar-refractivity contribution >= 4 is 11.6 Å². The molecule has 1 aliphatic rings. The lowest BCUT2D eigenvalue weighted by Crippen LogP contribution is -2.41. The lowest BCUT2D eigenvalue weighted by Gasteiger charge is -2.29. The van der Waals surface area contributed by atoms with E-state index in [1.807, 2.05) is 0 Å². The number of nitro groups is 1. The van der Waals surface area contributed by atoms with E-state index in [-0.39, 0.29) is 17.6 Å². The highest BCUT2D eigenvalue weighted by Crippen LogP contribution is 2.24. The number of nitrogens with zero attached hydrogens (tertiary/aromatic N) is 1. The summed E-state index contributed by atoms with van der Waals surface area (Å²) in [5.41, 5.74) is 0.302. The van der Waals surface area contributed by atoms with Gasteiger partial charge in [-0.1, -0.05) is 25.8 Å². The van der Waals surface area contributed by atoms with Gasteiger partial charge in [0.25, 0.3) is 11.6 Å². The van der Waals surface area contributed by atoms with Crippen molar-refractivity contribution < 1.29 is 9.72 Å². The fourth-order valence-corrected chi connectivity index (χ4v) is 2.54. The van der Waals surface area contributed by atoms with Crippen molar-refractivity contribution in [1.82, 2.24) is 5.32 Å². The van der Waals surface area contributed by atoms with Crippen molar-refractivity contribution in [3.05, 3.63) is 39.9 Å². The summed E-state index contributed by atoms with van der Waals surface area (Å²) in [5, 5.41) is 13.7. The highest BCUT2D eigenvalue weighted by atomic mass is 16.6. The molecule has 0 bridgehead atoms. The Kier molecular flexibility index (Phi) is 4.14. The van der Waals surface area contributed by atoms with Crippen molar-refractivity contribution in [2.45, 2.75) is 38.6 Å². The standard InChI is InChI=1S/C14H18N2O3/c1-10-5-2-3-8-13(10)15-14(17)11-6-4-7-12(9-11)16(18)19/h4,6-7,9-10,13H,2-3,5,8H2,1H3,(H,15,17)/t10-,13-/m1/s1. The van der Waals surface area contributed by atoms with Gasteiger partial charge >= 0.3 is 0 Å². The van der Waals surface area contributed by atoms with Crippen molar-refractivity contribution in [3.8, 4) is 0 Å². The smallest absolute Gasteiger partial charge is 0.270 e. The second kappa shape index (κ2) is 5.82. The van der Waals surface area contributed by atoms with Gasteiger partial charge in [0, 0.05) is 23.7 Å². The monoisotopic (exact) mass is 262 g/mol. The summed E-state index contributed by atoms with van der Waals surface area (Å²) in [6, 6.07) is 6.04. The predicted octanol–water partition coefficient (Wildman–Crippen LogP) is 2.90. The van der Waals surface area contributed by atoms with Gasteiger partial charge in [0.05, 0.1) is 4.92 Å². The number of rotatable bonds is 3. The number of carbonyl (C=O) groups excluding carboxylic acids is 1. The molecule has 0 heterocycles. The maximum Gasteiger partial charge on any atom is 0.270 e. The van der Waals surface area contributed by atoms with Crippen LogP contribution in [0.2, 0.25) is 0 Å². The largest absolute Gasteiger partial charge is 0.349 e. The van der Waals surface area contributed by atoms with Gasteiger partial charge in [-0.15, -0.1) is 0 Å². The zero-order valence-electron chi connectivity index (χ0n) is 11.0. The first-order valence-electron chi connectivity index (χ1n) is 6.63. The van der Waals surface area contributed by atoms with Crippen LogP contribution in [-0.4, -0.2) is 16.9 Å². The number of amides is 1. The highest BCUT2D eigenvalue weighted by molar-refractivity contribution is 5.95. The maximum atomic E-state index is 12.1. The van der Waals surface area contributed by atoms with Crippen molar-refractivity contribution in [3.63, 3.8) is 0 Å². The minimum Gasteiger partial charge on any atom is -0.349 e. The molecule has 1 aliphatic carbocycles. The van der Waals surface area contributed by atoms with Crippen molar-refractivity contribution in [1.29, 1.82) is 0 Å². The molecule has 1 aromatic carbocycles. The molecule has 1 fully saturated rings. The van der Waals surface area contributed by atoms with E-state index >= 15 is 0 Å². The molecule has 2 rings (SSSR count). The second-order valence-corrected chi connectivity index (χ2v) is 5.15. The van der Waals surface area contributed by atoms with E-state index in [0.29, 0.717) is 11.5 Å². The van der Waals surface area contributed by atoms with E-state index in [0.717, 1.165) is 19.3 Å². The Morgan fingerprint density at radius 2 is 2.11 bits per heavy atom. The molecule has 1 amide bonds. The number of nitrogens with one attached hydrogen (secondary N) is 1. The molecule has 102 valence electrons. The Balaban J connectivity index is 2.07. The molecule has 5 heteroatoms. The molecule has 1 N–H and O–H groups in total. The molecule has 1 aromatic rings. The van der Waals surface area contributed by atoms with Crippen LogP contribution >= 0.6 is 0 Å². The highest BCUT2D eigenvalue weighted by Gasteiger charge is 2.23. The first-order chi connectivity index (χ1) is 9.08. The quantitative estimate of drug-likeness (QED) is 0.672. The van der Waals surface area contributed by atoms with E-state index in [9.17, 15) is 14.9 Å². The average molecular weight is 262 g/mol. The Morgan fingerprint density at radius 3 is 2.79 bits per heavy atom. The third-order valence-corrected chi connectivity index (χ3v) is 3.75. The molecule has 0 radical (unpaired) electrons. The van der Waals surface area contributed by atoms with Gasteiger partial charge in [0.15, 0.2) is 0 Å². The number of hydrogen-bond acceptors (Lipinski definition) is 3. The summed E-state index contributed by atoms with van der Waals surface area (Å²) in [4.78, 5) is 22.3. The summed E-state index contributed by atoms with van der Waals surface area (Å²) in [6.07, 6.45) is 4.45. The zero-order valence-corrected chi connectivity index (χ0v) is 11.0. The fraction of sp³-hybridized carbons (Fsp3) is 0.500.